The summed E-state index contributed by atoms with van der Waals surface area (Å²) < 4.78 is 11.5. The smallest absolute Gasteiger partial charge is 0.397 e. The van der Waals surface area contributed by atoms with Gasteiger partial charge in [-0.15, -0.1) is 0 Å². The van der Waals surface area contributed by atoms with Gasteiger partial charge < -0.3 is 19.4 Å². The van der Waals surface area contributed by atoms with Crippen LogP contribution in [0.5, 0.6) is 0 Å². The van der Waals surface area contributed by atoms with E-state index in [1.807, 2.05) is 33.8 Å². The molecule has 1 aromatic rings. The molecular weight excluding hydrogens is 261 g/mol. The Bertz CT molecular complexity index is 593. The fourth-order valence-electron chi connectivity index (χ4n) is 1.78. The molecule has 0 spiro atoms. The van der Waals surface area contributed by atoms with E-state index in [9.17, 15) is 10.1 Å². The first-order valence-electron chi connectivity index (χ1n) is 6.08. The number of hydrogen-bond donors (Lipinski definition) is 0. The molecule has 7 nitrogen and oxygen atoms in total. The molecule has 0 bridgehead atoms. The Morgan fingerprint density at radius 3 is 2.30 bits per heavy atom. The summed E-state index contributed by atoms with van der Waals surface area (Å²) >= 11 is 0. The molecule has 0 amide bonds. The summed E-state index contributed by atoms with van der Waals surface area (Å²) in [6, 6.07) is 4.43. The summed E-state index contributed by atoms with van der Waals surface area (Å²) in [6.45, 7) is 7.48. The summed E-state index contributed by atoms with van der Waals surface area (Å²) in [5, 5.41) is 19.8. The van der Waals surface area contributed by atoms with Crippen LogP contribution in [-0.4, -0.2) is 28.2 Å². The second kappa shape index (κ2) is 4.54. The molecule has 2 heterocycles. The minimum absolute atomic E-state index is 0.149. The maximum atomic E-state index is 10.8. The highest BCUT2D eigenvalue weighted by Gasteiger charge is 2.54. The van der Waals surface area contributed by atoms with Gasteiger partial charge >= 0.3 is 12.9 Å². The maximum absolute atomic E-state index is 10.8. The molecular formula is C12H14BN3O4. The van der Waals surface area contributed by atoms with Crippen molar-refractivity contribution in [1.82, 2.24) is 4.98 Å². The Hall–Kier alpha value is -1.98. The first-order valence-corrected chi connectivity index (χ1v) is 6.08. The molecule has 1 aliphatic heterocycles. The van der Waals surface area contributed by atoms with E-state index in [0.29, 0.717) is 0 Å². The topological polar surface area (TPSA) is 98.3 Å². The lowest BCUT2D eigenvalue weighted by Gasteiger charge is -2.32. The van der Waals surface area contributed by atoms with Crippen LogP contribution in [-0.2, 0) is 9.31 Å². The van der Waals surface area contributed by atoms with Crippen LogP contribution in [0.25, 0.3) is 0 Å². The zero-order valence-electron chi connectivity index (χ0n) is 11.7. The van der Waals surface area contributed by atoms with Gasteiger partial charge in [-0.3, -0.25) is 0 Å². The third-order valence-electron chi connectivity index (χ3n) is 3.64. The SMILES string of the molecule is CC1(C)OB(c2cc(C#N)cc([N+](=O)[O-])n2)OC1(C)C. The Kier molecular flexibility index (Phi) is 3.28. The van der Waals surface area contributed by atoms with Gasteiger partial charge in [0.05, 0.1) is 28.9 Å². The van der Waals surface area contributed by atoms with Gasteiger partial charge in [0.25, 0.3) is 0 Å². The second-order valence-corrected chi connectivity index (χ2v) is 5.60. The summed E-state index contributed by atoms with van der Waals surface area (Å²) in [5.41, 5.74) is -0.765. The molecule has 0 unspecified atom stereocenters. The van der Waals surface area contributed by atoms with Crippen molar-refractivity contribution in [3.05, 3.63) is 27.8 Å². The van der Waals surface area contributed by atoms with Crippen molar-refractivity contribution >= 4 is 18.5 Å². The Morgan fingerprint density at radius 2 is 1.85 bits per heavy atom. The lowest BCUT2D eigenvalue weighted by atomic mass is 9.83. The van der Waals surface area contributed by atoms with Gasteiger partial charge in [0, 0.05) is 0 Å². The fraction of sp³-hybridized carbons (Fsp3) is 0.500. The minimum Gasteiger partial charge on any atom is -0.397 e. The average Bonchev–Trinajstić information content (AvgIpc) is 2.58. The van der Waals surface area contributed by atoms with Gasteiger partial charge in [-0.2, -0.15) is 5.26 Å². The van der Waals surface area contributed by atoms with Gasteiger partial charge in [-0.05, 0) is 43.7 Å². The Morgan fingerprint density at radius 1 is 1.30 bits per heavy atom. The van der Waals surface area contributed by atoms with E-state index in [0.717, 1.165) is 6.07 Å². The molecule has 0 radical (unpaired) electrons. The number of nitro groups is 1. The minimum atomic E-state index is -0.827. The largest absolute Gasteiger partial charge is 0.542 e. The molecule has 1 fully saturated rings. The predicted molar refractivity (Wildman–Crippen MR) is 71.3 cm³/mol. The molecule has 1 aromatic heterocycles. The molecule has 0 aliphatic carbocycles. The molecule has 1 saturated heterocycles. The van der Waals surface area contributed by atoms with Crippen molar-refractivity contribution in [3.63, 3.8) is 0 Å². The van der Waals surface area contributed by atoms with Gasteiger partial charge in [0.2, 0.25) is 0 Å². The van der Waals surface area contributed by atoms with Crippen LogP contribution < -0.4 is 5.59 Å². The molecule has 1 aliphatic rings. The zero-order chi connectivity index (χ0) is 15.1. The molecule has 0 N–H and O–H groups in total. The van der Waals surface area contributed by atoms with E-state index >= 15 is 0 Å². The summed E-state index contributed by atoms with van der Waals surface area (Å²) in [5.74, 6) is -0.395. The van der Waals surface area contributed by atoms with Crippen LogP contribution in [0.15, 0.2) is 12.1 Å². The van der Waals surface area contributed by atoms with Crippen LogP contribution in [0.3, 0.4) is 0 Å². The molecule has 104 valence electrons. The molecule has 2 rings (SSSR count). The standard InChI is InChI=1S/C12H14BN3O4/c1-11(2)12(3,4)20-13(19-11)9-5-8(7-14)6-10(15-9)16(17)18/h5-6H,1-4H3. The van der Waals surface area contributed by atoms with Crippen LogP contribution in [0.1, 0.15) is 33.3 Å². The first kappa shape index (κ1) is 14.4. The fourth-order valence-corrected chi connectivity index (χ4v) is 1.78. The summed E-state index contributed by atoms with van der Waals surface area (Å²) in [7, 11) is -0.827. The number of hydrogen-bond acceptors (Lipinski definition) is 6. The van der Waals surface area contributed by atoms with Gasteiger partial charge in [-0.1, -0.05) is 0 Å². The Balaban J connectivity index is 2.43. The lowest BCUT2D eigenvalue weighted by Crippen LogP contribution is -2.41. The van der Waals surface area contributed by atoms with Crippen molar-refractivity contribution in [2.24, 2.45) is 0 Å². The van der Waals surface area contributed by atoms with Gasteiger partial charge in [0.1, 0.15) is 0 Å². The quantitative estimate of drug-likeness (QED) is 0.456. The third-order valence-corrected chi connectivity index (χ3v) is 3.64. The number of aromatic nitrogens is 1. The molecule has 0 saturated carbocycles. The van der Waals surface area contributed by atoms with Crippen LogP contribution >= 0.6 is 0 Å². The van der Waals surface area contributed by atoms with Crippen molar-refractivity contribution in [3.8, 4) is 6.07 Å². The molecule has 0 atom stereocenters. The lowest BCUT2D eigenvalue weighted by molar-refractivity contribution is -0.389. The third kappa shape index (κ3) is 2.38. The molecule has 20 heavy (non-hydrogen) atoms. The number of rotatable bonds is 2. The summed E-state index contributed by atoms with van der Waals surface area (Å²) in [6.07, 6.45) is 0. The Labute approximate surface area is 116 Å². The molecule has 0 aromatic carbocycles. The van der Waals surface area contributed by atoms with Crippen molar-refractivity contribution < 1.29 is 14.2 Å². The van der Waals surface area contributed by atoms with Crippen molar-refractivity contribution in [2.45, 2.75) is 38.9 Å². The summed E-state index contributed by atoms with van der Waals surface area (Å²) in [4.78, 5) is 14.1. The van der Waals surface area contributed by atoms with E-state index in [1.54, 1.807) is 0 Å². The zero-order valence-corrected chi connectivity index (χ0v) is 11.7. The highest BCUT2D eigenvalue weighted by Crippen LogP contribution is 2.36. The number of nitrogens with zero attached hydrogens (tertiary/aromatic N) is 3. The predicted octanol–water partition coefficient (Wildman–Crippen LogP) is 1.16. The van der Waals surface area contributed by atoms with Gasteiger partial charge in [-0.25, -0.2) is 0 Å². The van der Waals surface area contributed by atoms with Crippen LogP contribution in [0, 0.1) is 21.4 Å². The molecule has 8 heteroatoms. The second-order valence-electron chi connectivity index (χ2n) is 5.60. The maximum Gasteiger partial charge on any atom is 0.542 e. The van der Waals surface area contributed by atoms with E-state index in [-0.39, 0.29) is 11.2 Å². The van der Waals surface area contributed by atoms with Crippen molar-refractivity contribution in [2.75, 3.05) is 0 Å². The number of pyridine rings is 1. The van der Waals surface area contributed by atoms with E-state index in [1.165, 1.54) is 6.07 Å². The number of nitriles is 1. The van der Waals surface area contributed by atoms with E-state index in [2.05, 4.69) is 4.98 Å². The average molecular weight is 275 g/mol. The van der Waals surface area contributed by atoms with E-state index in [4.69, 9.17) is 14.6 Å². The highest BCUT2D eigenvalue weighted by molar-refractivity contribution is 6.61. The highest BCUT2D eigenvalue weighted by atomic mass is 16.7. The van der Waals surface area contributed by atoms with Crippen molar-refractivity contribution in [1.29, 1.82) is 5.26 Å². The van der Waals surface area contributed by atoms with Gasteiger partial charge in [0.15, 0.2) is 5.59 Å². The first-order chi connectivity index (χ1) is 9.16. The van der Waals surface area contributed by atoms with E-state index < -0.39 is 29.1 Å². The van der Waals surface area contributed by atoms with Crippen LogP contribution in [0.4, 0.5) is 5.82 Å². The van der Waals surface area contributed by atoms with Crippen LogP contribution in [0.2, 0.25) is 0 Å². The normalized spacial score (nSPS) is 19.6. The monoisotopic (exact) mass is 275 g/mol.